The van der Waals surface area contributed by atoms with Crippen LogP contribution in [0, 0.1) is 5.92 Å². The first-order chi connectivity index (χ1) is 13.6. The fourth-order valence-corrected chi connectivity index (χ4v) is 5.32. The molecular weight excluding hydrogens is 374 g/mol. The number of aliphatic carboxylic acids is 1. The van der Waals surface area contributed by atoms with Gasteiger partial charge in [-0.2, -0.15) is 0 Å². The summed E-state index contributed by atoms with van der Waals surface area (Å²) in [6.07, 6.45) is 5.64. The first-order valence-electron chi connectivity index (χ1n) is 9.92. The second-order valence-electron chi connectivity index (χ2n) is 7.72. The van der Waals surface area contributed by atoms with Crippen molar-refractivity contribution in [1.29, 1.82) is 0 Å². The fourth-order valence-electron chi connectivity index (χ4n) is 4.24. The van der Waals surface area contributed by atoms with Crippen LogP contribution in [-0.2, 0) is 17.6 Å². The topological polar surface area (TPSA) is 91.3 Å². The smallest absolute Gasteiger partial charge is 0.321 e. The van der Waals surface area contributed by atoms with E-state index < -0.39 is 5.97 Å². The molecule has 0 bridgehead atoms. The van der Waals surface area contributed by atoms with E-state index >= 15 is 0 Å². The van der Waals surface area contributed by atoms with E-state index in [0.717, 1.165) is 25.0 Å². The first kappa shape index (κ1) is 18.9. The van der Waals surface area contributed by atoms with E-state index in [2.05, 4.69) is 39.9 Å². The molecule has 28 heavy (non-hydrogen) atoms. The number of aromatic nitrogens is 1. The molecule has 2 amide bonds. The van der Waals surface area contributed by atoms with Crippen LogP contribution in [0.15, 0.2) is 30.3 Å². The molecule has 148 valence electrons. The maximum Gasteiger partial charge on any atom is 0.321 e. The second kappa shape index (κ2) is 8.31. The van der Waals surface area contributed by atoms with Crippen molar-refractivity contribution in [3.63, 3.8) is 0 Å². The van der Waals surface area contributed by atoms with Crippen molar-refractivity contribution in [3.05, 3.63) is 46.5 Å². The number of thiazole rings is 1. The summed E-state index contributed by atoms with van der Waals surface area (Å²) in [6.45, 7) is 0. The monoisotopic (exact) mass is 399 g/mol. The Bertz CT molecular complexity index is 844. The molecule has 0 aliphatic heterocycles. The molecule has 2 aromatic rings. The summed E-state index contributed by atoms with van der Waals surface area (Å²) < 4.78 is 0. The van der Waals surface area contributed by atoms with Crippen molar-refractivity contribution in [1.82, 2.24) is 10.3 Å². The minimum Gasteiger partial charge on any atom is -0.481 e. The molecule has 1 unspecified atom stereocenters. The number of nitrogens with zero attached hydrogens (tertiary/aromatic N) is 1. The average Bonchev–Trinajstić information content (AvgIpc) is 3.10. The lowest BCUT2D eigenvalue weighted by atomic mass is 9.85. The van der Waals surface area contributed by atoms with Gasteiger partial charge in [0.15, 0.2) is 5.13 Å². The molecule has 2 aliphatic carbocycles. The Morgan fingerprint density at radius 3 is 2.54 bits per heavy atom. The molecule has 2 aliphatic rings. The van der Waals surface area contributed by atoms with Crippen LogP contribution in [0.5, 0.6) is 0 Å². The number of hydrogen-bond acceptors (Lipinski definition) is 4. The summed E-state index contributed by atoms with van der Waals surface area (Å²) in [5, 5.41) is 15.6. The molecule has 0 saturated heterocycles. The minimum absolute atomic E-state index is 0.0349. The molecule has 4 rings (SSSR count). The number of fused-ring (bicyclic) bond motifs is 1. The van der Waals surface area contributed by atoms with Crippen LogP contribution in [0.4, 0.5) is 9.93 Å². The Balaban J connectivity index is 1.31. The molecular formula is C21H25N3O3S. The van der Waals surface area contributed by atoms with Gasteiger partial charge in [-0.15, -0.1) is 11.3 Å². The zero-order valence-electron chi connectivity index (χ0n) is 15.7. The van der Waals surface area contributed by atoms with Gasteiger partial charge in [-0.25, -0.2) is 9.78 Å². The molecule has 0 spiro atoms. The number of benzene rings is 1. The van der Waals surface area contributed by atoms with Crippen molar-refractivity contribution in [2.24, 2.45) is 5.92 Å². The molecule has 1 heterocycles. The lowest BCUT2D eigenvalue weighted by molar-refractivity contribution is -0.142. The van der Waals surface area contributed by atoms with Crippen LogP contribution in [0.1, 0.15) is 54.2 Å². The van der Waals surface area contributed by atoms with Gasteiger partial charge in [-0.05, 0) is 56.4 Å². The van der Waals surface area contributed by atoms with Crippen LogP contribution >= 0.6 is 11.3 Å². The molecule has 1 fully saturated rings. The third-order valence-corrected chi connectivity index (χ3v) is 6.88. The quantitative estimate of drug-likeness (QED) is 0.719. The highest BCUT2D eigenvalue weighted by atomic mass is 32.1. The average molecular weight is 400 g/mol. The number of nitrogens with one attached hydrogen (secondary N) is 2. The van der Waals surface area contributed by atoms with Crippen molar-refractivity contribution >= 4 is 28.5 Å². The maximum absolute atomic E-state index is 12.3. The summed E-state index contributed by atoms with van der Waals surface area (Å²) in [5.74, 6) is -0.491. The summed E-state index contributed by atoms with van der Waals surface area (Å²) in [4.78, 5) is 29.2. The second-order valence-corrected chi connectivity index (χ2v) is 8.81. The SMILES string of the molecule is O=C(Nc1nc2c(s1)CC(c1ccccc1)CC2)NC1CCC(C(=O)O)CC1. The van der Waals surface area contributed by atoms with Gasteiger partial charge in [0, 0.05) is 10.9 Å². The van der Waals surface area contributed by atoms with Crippen LogP contribution in [0.3, 0.4) is 0 Å². The molecule has 1 aromatic heterocycles. The van der Waals surface area contributed by atoms with Gasteiger partial charge in [0.25, 0.3) is 0 Å². The Hall–Kier alpha value is -2.41. The summed E-state index contributed by atoms with van der Waals surface area (Å²) in [7, 11) is 0. The lowest BCUT2D eigenvalue weighted by Gasteiger charge is -2.26. The highest BCUT2D eigenvalue weighted by Crippen LogP contribution is 2.37. The van der Waals surface area contributed by atoms with Gasteiger partial charge >= 0.3 is 12.0 Å². The van der Waals surface area contributed by atoms with Crippen molar-refractivity contribution < 1.29 is 14.7 Å². The third-order valence-electron chi connectivity index (χ3n) is 5.84. The molecule has 7 heteroatoms. The van der Waals surface area contributed by atoms with Crippen LogP contribution in [0.25, 0.3) is 0 Å². The summed E-state index contributed by atoms with van der Waals surface area (Å²) in [5.41, 5.74) is 2.47. The number of urea groups is 1. The predicted molar refractivity (Wildman–Crippen MR) is 109 cm³/mol. The molecule has 0 radical (unpaired) electrons. The number of carbonyl (C=O) groups is 2. The number of rotatable bonds is 4. The molecule has 1 saturated carbocycles. The van der Waals surface area contributed by atoms with E-state index in [-0.39, 0.29) is 18.0 Å². The molecule has 6 nitrogen and oxygen atoms in total. The van der Waals surface area contributed by atoms with Crippen LogP contribution in [0.2, 0.25) is 0 Å². The van der Waals surface area contributed by atoms with E-state index in [1.807, 2.05) is 6.07 Å². The number of carboxylic acid groups (broad SMARTS) is 1. The van der Waals surface area contributed by atoms with Crippen LogP contribution in [-0.4, -0.2) is 28.1 Å². The van der Waals surface area contributed by atoms with E-state index in [1.54, 1.807) is 11.3 Å². The van der Waals surface area contributed by atoms with Gasteiger partial charge in [-0.1, -0.05) is 30.3 Å². The zero-order chi connectivity index (χ0) is 19.5. The van der Waals surface area contributed by atoms with Gasteiger partial charge in [0.1, 0.15) is 0 Å². The van der Waals surface area contributed by atoms with Gasteiger partial charge in [-0.3, -0.25) is 10.1 Å². The van der Waals surface area contributed by atoms with Crippen molar-refractivity contribution in [3.8, 4) is 0 Å². The normalized spacial score (nSPS) is 24.2. The number of anilines is 1. The Kier molecular flexibility index (Phi) is 5.62. The van der Waals surface area contributed by atoms with Gasteiger partial charge in [0.05, 0.1) is 11.6 Å². The predicted octanol–water partition coefficient (Wildman–Crippen LogP) is 4.18. The number of carboxylic acids is 1. The Morgan fingerprint density at radius 2 is 1.82 bits per heavy atom. The minimum atomic E-state index is -0.731. The number of aryl methyl sites for hydroxylation is 1. The summed E-state index contributed by atoms with van der Waals surface area (Å²) >= 11 is 1.57. The third kappa shape index (κ3) is 4.35. The van der Waals surface area contributed by atoms with Crippen molar-refractivity contribution in [2.45, 2.75) is 56.9 Å². The number of hydrogen-bond donors (Lipinski definition) is 3. The largest absolute Gasteiger partial charge is 0.481 e. The molecule has 3 N–H and O–H groups in total. The molecule has 1 atom stereocenters. The van der Waals surface area contributed by atoms with E-state index in [1.165, 1.54) is 10.4 Å². The standard InChI is InChI=1S/C21H25N3O3S/c25-19(26)14-6-9-16(10-7-14)22-20(27)24-21-23-17-11-8-15(12-18(17)28-21)13-4-2-1-3-5-13/h1-5,14-16H,6-12H2,(H,25,26)(H2,22,23,24,27). The van der Waals surface area contributed by atoms with E-state index in [9.17, 15) is 9.59 Å². The first-order valence-corrected chi connectivity index (χ1v) is 10.7. The maximum atomic E-state index is 12.3. The number of carbonyl (C=O) groups excluding carboxylic acids is 1. The highest BCUT2D eigenvalue weighted by molar-refractivity contribution is 7.15. The molecule has 1 aromatic carbocycles. The van der Waals surface area contributed by atoms with Gasteiger partial charge < -0.3 is 10.4 Å². The van der Waals surface area contributed by atoms with E-state index in [4.69, 9.17) is 5.11 Å². The van der Waals surface area contributed by atoms with Gasteiger partial charge in [0.2, 0.25) is 0 Å². The fraction of sp³-hybridized carbons (Fsp3) is 0.476. The zero-order valence-corrected chi connectivity index (χ0v) is 16.5. The highest BCUT2D eigenvalue weighted by Gasteiger charge is 2.27. The summed E-state index contributed by atoms with van der Waals surface area (Å²) in [6, 6.07) is 10.4. The lowest BCUT2D eigenvalue weighted by Crippen LogP contribution is -2.40. The van der Waals surface area contributed by atoms with Crippen LogP contribution < -0.4 is 10.6 Å². The Morgan fingerprint density at radius 1 is 1.07 bits per heavy atom. The van der Waals surface area contributed by atoms with E-state index in [0.29, 0.717) is 36.7 Å². The Labute approximate surface area is 168 Å². The number of amides is 2. The van der Waals surface area contributed by atoms with Crippen molar-refractivity contribution in [2.75, 3.05) is 5.32 Å².